The lowest BCUT2D eigenvalue weighted by Crippen LogP contribution is -2.25. The van der Waals surface area contributed by atoms with Crippen LogP contribution in [0.25, 0.3) is 0 Å². The van der Waals surface area contributed by atoms with Crippen LogP contribution in [0.1, 0.15) is 70.0 Å². The summed E-state index contributed by atoms with van der Waals surface area (Å²) < 4.78 is 9.84. The minimum Gasteiger partial charge on any atom is -0.427 e. The molecule has 0 aliphatic heterocycles. The van der Waals surface area contributed by atoms with Gasteiger partial charge in [-0.25, -0.2) is 9.78 Å². The number of aromatic nitrogens is 2. The van der Waals surface area contributed by atoms with Gasteiger partial charge in [-0.1, -0.05) is 6.92 Å². The monoisotopic (exact) mass is 326 g/mol. The molecule has 0 bridgehead atoms. The van der Waals surface area contributed by atoms with Crippen molar-refractivity contribution in [3.63, 3.8) is 0 Å². The Hall–Kier alpha value is -1.89. The van der Waals surface area contributed by atoms with Crippen molar-refractivity contribution < 1.29 is 24.2 Å². The number of aryl methyl sites for hydroxylation is 1. The molecule has 0 radical (unpaired) electrons. The van der Waals surface area contributed by atoms with Crippen LogP contribution in [0.2, 0.25) is 0 Å². The van der Waals surface area contributed by atoms with Gasteiger partial charge in [-0.3, -0.25) is 4.79 Å². The molecule has 0 aromatic carbocycles. The topological polar surface area (TPSA) is 102 Å². The van der Waals surface area contributed by atoms with Crippen LogP contribution >= 0.6 is 0 Å². The standard InChI is InChI=1S/C16H26N2O5/c1-7-8-10-17-11(12(18-10)16(5,6)21)13(19)22-9-23-14(20)15(2,3)4/h21H,7-9H2,1-6H3,(H,17,18). The molecule has 130 valence electrons. The number of hydrogen-bond donors (Lipinski definition) is 2. The van der Waals surface area contributed by atoms with E-state index in [1.54, 1.807) is 34.6 Å². The molecule has 0 aliphatic carbocycles. The first-order valence-electron chi connectivity index (χ1n) is 7.63. The Balaban J connectivity index is 2.81. The molecule has 0 fully saturated rings. The van der Waals surface area contributed by atoms with Gasteiger partial charge in [-0.05, 0) is 41.0 Å². The molecule has 23 heavy (non-hydrogen) atoms. The molecular weight excluding hydrogens is 300 g/mol. The summed E-state index contributed by atoms with van der Waals surface area (Å²) in [6.07, 6.45) is 1.49. The van der Waals surface area contributed by atoms with Gasteiger partial charge in [-0.15, -0.1) is 0 Å². The lowest BCUT2D eigenvalue weighted by molar-refractivity contribution is -0.161. The Labute approximate surface area is 136 Å². The first-order valence-corrected chi connectivity index (χ1v) is 7.63. The second-order valence-corrected chi connectivity index (χ2v) is 6.95. The Morgan fingerprint density at radius 1 is 1.17 bits per heavy atom. The highest BCUT2D eigenvalue weighted by Crippen LogP contribution is 2.23. The van der Waals surface area contributed by atoms with Gasteiger partial charge < -0.3 is 19.6 Å². The normalized spacial score (nSPS) is 12.1. The predicted octanol–water partition coefficient (Wildman–Crippen LogP) is 2.29. The lowest BCUT2D eigenvalue weighted by Gasteiger charge is -2.17. The number of H-pyrrole nitrogens is 1. The van der Waals surface area contributed by atoms with Crippen LogP contribution in [-0.4, -0.2) is 33.8 Å². The second-order valence-electron chi connectivity index (χ2n) is 6.95. The quantitative estimate of drug-likeness (QED) is 0.614. The summed E-state index contributed by atoms with van der Waals surface area (Å²) in [6.45, 7) is 9.70. The molecule has 1 aromatic heterocycles. The SMILES string of the molecule is CCCc1nc(C(=O)OCOC(=O)C(C)(C)C)c(C(C)(C)O)[nH]1. The number of ether oxygens (including phenoxy) is 2. The zero-order valence-corrected chi connectivity index (χ0v) is 14.6. The summed E-state index contributed by atoms with van der Waals surface area (Å²) in [5.74, 6) is -0.618. The van der Waals surface area contributed by atoms with Crippen molar-refractivity contribution in [3.05, 3.63) is 17.2 Å². The van der Waals surface area contributed by atoms with E-state index in [0.29, 0.717) is 12.2 Å². The average molecular weight is 326 g/mol. The Morgan fingerprint density at radius 2 is 1.78 bits per heavy atom. The van der Waals surface area contributed by atoms with Gasteiger partial charge in [0.05, 0.1) is 11.1 Å². The molecule has 1 heterocycles. The highest BCUT2D eigenvalue weighted by Gasteiger charge is 2.29. The van der Waals surface area contributed by atoms with Crippen LogP contribution in [0.3, 0.4) is 0 Å². The third-order valence-corrected chi connectivity index (χ3v) is 3.04. The third-order valence-electron chi connectivity index (χ3n) is 3.04. The van der Waals surface area contributed by atoms with Crippen molar-refractivity contribution >= 4 is 11.9 Å². The summed E-state index contributed by atoms with van der Waals surface area (Å²) in [7, 11) is 0. The van der Waals surface area contributed by atoms with Crippen LogP contribution < -0.4 is 0 Å². The van der Waals surface area contributed by atoms with Gasteiger partial charge in [-0.2, -0.15) is 0 Å². The van der Waals surface area contributed by atoms with E-state index in [-0.39, 0.29) is 11.4 Å². The van der Waals surface area contributed by atoms with E-state index in [2.05, 4.69) is 9.97 Å². The predicted molar refractivity (Wildman–Crippen MR) is 83.7 cm³/mol. The van der Waals surface area contributed by atoms with Crippen LogP contribution in [0.15, 0.2) is 0 Å². The van der Waals surface area contributed by atoms with Crippen LogP contribution in [0.4, 0.5) is 0 Å². The first kappa shape index (κ1) is 19.2. The minimum atomic E-state index is -1.27. The molecule has 7 nitrogen and oxygen atoms in total. The maximum atomic E-state index is 12.2. The molecule has 0 saturated carbocycles. The number of imidazole rings is 1. The van der Waals surface area contributed by atoms with E-state index in [1.165, 1.54) is 0 Å². The number of rotatable bonds is 6. The van der Waals surface area contributed by atoms with Crippen molar-refractivity contribution in [2.24, 2.45) is 5.41 Å². The third kappa shape index (κ3) is 5.35. The van der Waals surface area contributed by atoms with E-state index in [4.69, 9.17) is 9.47 Å². The van der Waals surface area contributed by atoms with E-state index >= 15 is 0 Å². The van der Waals surface area contributed by atoms with E-state index < -0.39 is 29.7 Å². The maximum Gasteiger partial charge on any atom is 0.361 e. The van der Waals surface area contributed by atoms with E-state index in [1.807, 2.05) is 6.92 Å². The molecule has 0 unspecified atom stereocenters. The molecular formula is C16H26N2O5. The summed E-state index contributed by atoms with van der Waals surface area (Å²) in [5, 5.41) is 10.2. The fourth-order valence-corrected chi connectivity index (χ4v) is 1.79. The summed E-state index contributed by atoms with van der Waals surface area (Å²) >= 11 is 0. The highest BCUT2D eigenvalue weighted by atomic mass is 16.7. The van der Waals surface area contributed by atoms with Gasteiger partial charge in [0.2, 0.25) is 6.79 Å². The largest absolute Gasteiger partial charge is 0.427 e. The fraction of sp³-hybridized carbons (Fsp3) is 0.688. The highest BCUT2D eigenvalue weighted by molar-refractivity contribution is 5.89. The first-order chi connectivity index (χ1) is 10.5. The van der Waals surface area contributed by atoms with Crippen LogP contribution in [0, 0.1) is 5.41 Å². The number of carbonyl (C=O) groups is 2. The maximum absolute atomic E-state index is 12.2. The van der Waals surface area contributed by atoms with Crippen molar-refractivity contribution in [2.75, 3.05) is 6.79 Å². The molecule has 1 aromatic rings. The molecule has 7 heteroatoms. The smallest absolute Gasteiger partial charge is 0.361 e. The molecule has 0 spiro atoms. The van der Waals surface area contributed by atoms with Gasteiger partial charge >= 0.3 is 11.9 Å². The number of aromatic amines is 1. The van der Waals surface area contributed by atoms with E-state index in [0.717, 1.165) is 6.42 Å². The number of nitrogens with zero attached hydrogens (tertiary/aromatic N) is 1. The number of carbonyl (C=O) groups excluding carboxylic acids is 2. The molecule has 0 aliphatic rings. The molecule has 0 saturated heterocycles. The number of nitrogens with one attached hydrogen (secondary N) is 1. The summed E-state index contributed by atoms with van der Waals surface area (Å²) in [6, 6.07) is 0. The van der Waals surface area contributed by atoms with Gasteiger partial charge in [0.15, 0.2) is 5.69 Å². The van der Waals surface area contributed by atoms with Crippen molar-refractivity contribution in [2.45, 2.75) is 60.0 Å². The Bertz CT molecular complexity index is 564. The van der Waals surface area contributed by atoms with Crippen molar-refractivity contribution in [3.8, 4) is 0 Å². The summed E-state index contributed by atoms with van der Waals surface area (Å²) in [5.41, 5.74) is -1.65. The zero-order valence-electron chi connectivity index (χ0n) is 14.6. The molecule has 0 amide bonds. The lowest BCUT2D eigenvalue weighted by atomic mass is 9.98. The second kappa shape index (κ2) is 7.12. The van der Waals surface area contributed by atoms with Gasteiger partial charge in [0.1, 0.15) is 11.4 Å². The Kier molecular flexibility index (Phi) is 5.93. The van der Waals surface area contributed by atoms with Crippen LogP contribution in [-0.2, 0) is 26.3 Å². The Morgan fingerprint density at radius 3 is 2.26 bits per heavy atom. The molecule has 2 N–H and O–H groups in total. The molecule has 0 atom stereocenters. The fourth-order valence-electron chi connectivity index (χ4n) is 1.79. The van der Waals surface area contributed by atoms with Crippen LogP contribution in [0.5, 0.6) is 0 Å². The van der Waals surface area contributed by atoms with Crippen molar-refractivity contribution in [1.82, 2.24) is 9.97 Å². The minimum absolute atomic E-state index is 0.00718. The van der Waals surface area contributed by atoms with Crippen molar-refractivity contribution in [1.29, 1.82) is 0 Å². The molecule has 1 rings (SSSR count). The number of aliphatic hydroxyl groups is 1. The van der Waals surface area contributed by atoms with Gasteiger partial charge in [0.25, 0.3) is 0 Å². The number of hydrogen-bond acceptors (Lipinski definition) is 6. The summed E-state index contributed by atoms with van der Waals surface area (Å²) in [4.78, 5) is 30.9. The zero-order chi connectivity index (χ0) is 17.8. The number of esters is 2. The van der Waals surface area contributed by atoms with Gasteiger partial charge in [0, 0.05) is 6.42 Å². The average Bonchev–Trinajstić information content (AvgIpc) is 2.82. The van der Waals surface area contributed by atoms with E-state index in [9.17, 15) is 14.7 Å².